The van der Waals surface area contributed by atoms with Crippen molar-refractivity contribution in [2.75, 3.05) is 39.7 Å². The number of benzene rings is 2. The first-order chi connectivity index (χ1) is 21.7. The highest BCUT2D eigenvalue weighted by Crippen LogP contribution is 2.50. The molecule has 234 valence electrons. The number of nitrogens with one attached hydrogen (secondary N) is 3. The standard InChI is InChI=1S/C34H35ClN4O6/c1-18(40)37-25-8-5-19-13-30(43-2)33(44-3)34(45-4)32(19)21-7-10-28(29(41)15-23(21)25)36-16-31(42)39-12-11-27-24(17-39)22-14-20(35)6-9-26(22)38-27/h6-7,9-10,13-15,25,38H,5,8,11-12,16-17H2,1-4H3,(H,36,41)(H,37,40)/t25-/m1/s1. The number of carbonyl (C=O) groups excluding carboxylic acids is 2. The van der Waals surface area contributed by atoms with E-state index < -0.39 is 6.04 Å². The van der Waals surface area contributed by atoms with Crippen LogP contribution in [-0.2, 0) is 29.0 Å². The number of hydrogen-bond donors (Lipinski definition) is 3. The number of aryl methyl sites for hydroxylation is 1. The molecule has 6 rings (SSSR count). The lowest BCUT2D eigenvalue weighted by Crippen LogP contribution is -2.39. The summed E-state index contributed by atoms with van der Waals surface area (Å²) in [5.74, 6) is 1.11. The number of amides is 2. The summed E-state index contributed by atoms with van der Waals surface area (Å²) < 4.78 is 17.1. The molecular weight excluding hydrogens is 596 g/mol. The third-order valence-corrected chi connectivity index (χ3v) is 8.87. The number of H-pyrrole nitrogens is 1. The Labute approximate surface area is 265 Å². The molecule has 0 saturated heterocycles. The SMILES string of the molecule is COc1cc2c(c(OC)c1OC)-c1ccc(NCC(=O)N3CCc4[nH]c5ccc(Cl)cc5c4C3)c(=O)cc1[C@H](NC(C)=O)CC2. The predicted octanol–water partition coefficient (Wildman–Crippen LogP) is 4.99. The van der Waals surface area contributed by atoms with E-state index in [1.54, 1.807) is 32.3 Å². The van der Waals surface area contributed by atoms with Crippen molar-refractivity contribution in [3.05, 3.63) is 80.1 Å². The smallest absolute Gasteiger partial charge is 0.242 e. The Bertz CT molecular complexity index is 1890. The highest BCUT2D eigenvalue weighted by Gasteiger charge is 2.30. The van der Waals surface area contributed by atoms with Crippen LogP contribution in [0.4, 0.5) is 5.69 Å². The average molecular weight is 631 g/mol. The number of methoxy groups -OCH3 is 3. The molecule has 0 bridgehead atoms. The lowest BCUT2D eigenvalue weighted by atomic mass is 9.95. The fraction of sp³-hybridized carbons (Fsp3) is 0.324. The molecule has 1 aliphatic heterocycles. The summed E-state index contributed by atoms with van der Waals surface area (Å²) in [6, 6.07) is 12.3. The quantitative estimate of drug-likeness (QED) is 0.263. The van der Waals surface area contributed by atoms with Crippen LogP contribution in [-0.4, -0.2) is 56.1 Å². The lowest BCUT2D eigenvalue weighted by molar-refractivity contribution is -0.130. The first-order valence-electron chi connectivity index (χ1n) is 14.8. The molecule has 0 unspecified atom stereocenters. The zero-order valence-electron chi connectivity index (χ0n) is 25.6. The maximum Gasteiger partial charge on any atom is 0.242 e. The summed E-state index contributed by atoms with van der Waals surface area (Å²) in [5, 5.41) is 7.75. The van der Waals surface area contributed by atoms with E-state index in [-0.39, 0.29) is 29.5 Å². The molecule has 2 aliphatic rings. The van der Waals surface area contributed by atoms with Gasteiger partial charge in [-0.1, -0.05) is 17.7 Å². The highest BCUT2D eigenvalue weighted by molar-refractivity contribution is 6.31. The zero-order chi connectivity index (χ0) is 31.8. The number of halogens is 1. The number of carbonyl (C=O) groups is 2. The van der Waals surface area contributed by atoms with Crippen molar-refractivity contribution in [2.45, 2.75) is 38.8 Å². The van der Waals surface area contributed by atoms with Crippen molar-refractivity contribution in [3.8, 4) is 28.4 Å². The van der Waals surface area contributed by atoms with Crippen LogP contribution in [0.15, 0.2) is 47.3 Å². The Kier molecular flexibility index (Phi) is 8.33. The fourth-order valence-corrected chi connectivity index (χ4v) is 6.71. The van der Waals surface area contributed by atoms with Crippen LogP contribution < -0.4 is 30.3 Å². The normalized spacial score (nSPS) is 15.3. The number of hydrogen-bond acceptors (Lipinski definition) is 7. The van der Waals surface area contributed by atoms with E-state index in [2.05, 4.69) is 15.6 Å². The van der Waals surface area contributed by atoms with Gasteiger partial charge in [-0.15, -0.1) is 0 Å². The minimum Gasteiger partial charge on any atom is -0.493 e. The summed E-state index contributed by atoms with van der Waals surface area (Å²) >= 11 is 6.25. The first-order valence-corrected chi connectivity index (χ1v) is 15.2. The number of aromatic nitrogens is 1. The Balaban J connectivity index is 1.33. The molecule has 0 saturated carbocycles. The zero-order valence-corrected chi connectivity index (χ0v) is 26.4. The molecule has 0 fully saturated rings. The second kappa shape index (κ2) is 12.4. The van der Waals surface area contributed by atoms with Crippen molar-refractivity contribution in [2.24, 2.45) is 0 Å². The third kappa shape index (κ3) is 5.66. The number of aromatic amines is 1. The number of fused-ring (bicyclic) bond motifs is 6. The molecule has 3 aromatic carbocycles. The van der Waals surface area contributed by atoms with E-state index in [9.17, 15) is 14.4 Å². The van der Waals surface area contributed by atoms with Crippen LogP contribution >= 0.6 is 11.6 Å². The van der Waals surface area contributed by atoms with Gasteiger partial charge in [0.1, 0.15) is 0 Å². The van der Waals surface area contributed by atoms with Crippen molar-refractivity contribution in [3.63, 3.8) is 0 Å². The average Bonchev–Trinajstić information content (AvgIpc) is 3.22. The minimum atomic E-state index is -0.423. The van der Waals surface area contributed by atoms with Crippen molar-refractivity contribution in [1.29, 1.82) is 0 Å². The van der Waals surface area contributed by atoms with Crippen molar-refractivity contribution >= 4 is 40.0 Å². The second-order valence-electron chi connectivity index (χ2n) is 11.3. The molecule has 45 heavy (non-hydrogen) atoms. The Hall–Kier alpha value is -4.70. The van der Waals surface area contributed by atoms with Gasteiger partial charge in [-0.05, 0) is 65.9 Å². The van der Waals surface area contributed by atoms with Crippen molar-refractivity contribution in [1.82, 2.24) is 15.2 Å². The number of rotatable bonds is 7. The number of ether oxygens (including phenoxy) is 3. The van der Waals surface area contributed by atoms with Gasteiger partial charge in [0, 0.05) is 59.2 Å². The molecule has 10 nitrogen and oxygen atoms in total. The minimum absolute atomic E-state index is 0.0532. The van der Waals surface area contributed by atoms with Gasteiger partial charge in [-0.2, -0.15) is 0 Å². The van der Waals surface area contributed by atoms with Gasteiger partial charge in [0.25, 0.3) is 0 Å². The van der Waals surface area contributed by atoms with E-state index in [1.165, 1.54) is 13.0 Å². The highest BCUT2D eigenvalue weighted by atomic mass is 35.5. The Morgan fingerprint density at radius 1 is 1.02 bits per heavy atom. The van der Waals surface area contributed by atoms with E-state index >= 15 is 0 Å². The van der Waals surface area contributed by atoms with E-state index in [0.29, 0.717) is 60.2 Å². The third-order valence-electron chi connectivity index (χ3n) is 8.64. The summed E-state index contributed by atoms with van der Waals surface area (Å²) in [7, 11) is 4.67. The van der Waals surface area contributed by atoms with Gasteiger partial charge in [0.05, 0.1) is 39.6 Å². The van der Waals surface area contributed by atoms with Crippen LogP contribution in [0.5, 0.6) is 17.2 Å². The van der Waals surface area contributed by atoms with E-state index in [4.69, 9.17) is 25.8 Å². The maximum absolute atomic E-state index is 13.6. The first kappa shape index (κ1) is 30.3. The molecule has 3 N–H and O–H groups in total. The van der Waals surface area contributed by atoms with Gasteiger partial charge in [0.15, 0.2) is 11.5 Å². The number of anilines is 1. The lowest BCUT2D eigenvalue weighted by Gasteiger charge is -2.27. The fourth-order valence-electron chi connectivity index (χ4n) is 6.54. The summed E-state index contributed by atoms with van der Waals surface area (Å²) in [6.07, 6.45) is 1.86. The van der Waals surface area contributed by atoms with Gasteiger partial charge >= 0.3 is 0 Å². The molecule has 1 aromatic heterocycles. The van der Waals surface area contributed by atoms with Gasteiger partial charge in [-0.3, -0.25) is 14.4 Å². The van der Waals surface area contributed by atoms with E-state index in [1.807, 2.05) is 30.3 Å². The predicted molar refractivity (Wildman–Crippen MR) is 174 cm³/mol. The largest absolute Gasteiger partial charge is 0.493 e. The molecule has 1 atom stereocenters. The van der Waals surface area contributed by atoms with Crippen molar-refractivity contribution < 1.29 is 23.8 Å². The molecule has 1 aliphatic carbocycles. The molecule has 2 amide bonds. The Morgan fingerprint density at radius 2 is 1.82 bits per heavy atom. The molecule has 0 spiro atoms. The molecule has 4 aromatic rings. The Morgan fingerprint density at radius 3 is 2.56 bits per heavy atom. The summed E-state index contributed by atoms with van der Waals surface area (Å²) in [6.45, 7) is 2.42. The topological polar surface area (TPSA) is 122 Å². The molecular formula is C34H35ClN4O6. The van der Waals surface area contributed by atoms with Crippen LogP contribution in [0.2, 0.25) is 5.02 Å². The summed E-state index contributed by atoms with van der Waals surface area (Å²) in [4.78, 5) is 44.5. The van der Waals surface area contributed by atoms with Gasteiger partial charge < -0.3 is 34.7 Å². The molecule has 2 heterocycles. The second-order valence-corrected chi connectivity index (χ2v) is 11.7. The molecule has 11 heteroatoms. The van der Waals surface area contributed by atoms with Crippen LogP contribution in [0.1, 0.15) is 41.8 Å². The van der Waals surface area contributed by atoms with Crippen LogP contribution in [0.3, 0.4) is 0 Å². The van der Waals surface area contributed by atoms with Gasteiger partial charge in [0.2, 0.25) is 23.0 Å². The number of nitrogens with zero attached hydrogens (tertiary/aromatic N) is 1. The maximum atomic E-state index is 13.6. The van der Waals surface area contributed by atoms with Crippen LogP contribution in [0, 0.1) is 0 Å². The monoisotopic (exact) mass is 630 g/mol. The molecule has 0 radical (unpaired) electrons. The van der Waals surface area contributed by atoms with E-state index in [0.717, 1.165) is 38.9 Å². The van der Waals surface area contributed by atoms with Gasteiger partial charge in [-0.25, -0.2) is 0 Å². The summed E-state index contributed by atoms with van der Waals surface area (Å²) in [5.41, 5.74) is 6.22. The van der Waals surface area contributed by atoms with Crippen LogP contribution in [0.25, 0.3) is 22.0 Å².